The van der Waals surface area contributed by atoms with Crippen LogP contribution in [0.3, 0.4) is 0 Å². The molecule has 0 aliphatic carbocycles. The number of unbranched alkanes of at least 4 members (excludes halogenated alkanes) is 9. The second-order valence-corrected chi connectivity index (χ2v) is 4.38. The van der Waals surface area contributed by atoms with Crippen molar-refractivity contribution in [1.82, 2.24) is 0 Å². The highest BCUT2D eigenvalue weighted by Crippen LogP contribution is 2.07. The van der Waals surface area contributed by atoms with E-state index < -0.39 is 0 Å². The summed E-state index contributed by atoms with van der Waals surface area (Å²) in [5, 5.41) is 0. The molecule has 0 fully saturated rings. The topological polar surface area (TPSA) is 0 Å². The molecule has 0 aromatic rings. The molecule has 0 saturated carbocycles. The van der Waals surface area contributed by atoms with Gasteiger partial charge < -0.3 is 0 Å². The van der Waals surface area contributed by atoms with Gasteiger partial charge in [-0.05, 0) is 25.7 Å². The maximum absolute atomic E-state index is 3.86. The third kappa shape index (κ3) is 13.7. The van der Waals surface area contributed by atoms with Crippen molar-refractivity contribution in [2.45, 2.75) is 77.6 Å². The minimum Gasteiger partial charge on any atom is -0.0885 e. The number of hydrogen-bond acceptors (Lipinski definition) is 0. The minimum atomic E-state index is 1.11. The van der Waals surface area contributed by atoms with E-state index in [1.807, 2.05) is 0 Å². The fourth-order valence-corrected chi connectivity index (χ4v) is 1.72. The van der Waals surface area contributed by atoms with Crippen LogP contribution in [-0.2, 0) is 0 Å². The number of allylic oxidation sites excluding steroid dienone is 2. The van der Waals surface area contributed by atoms with Crippen LogP contribution in [0.25, 0.3) is 0 Å². The summed E-state index contributed by atoms with van der Waals surface area (Å²) >= 11 is 0. The van der Waals surface area contributed by atoms with Gasteiger partial charge in [-0.25, -0.2) is 0 Å². The Morgan fingerprint density at radius 3 is 1.87 bits per heavy atom. The van der Waals surface area contributed by atoms with Crippen molar-refractivity contribution in [3.8, 4) is 0 Å². The Labute approximate surface area is 97.2 Å². The molecule has 1 radical (unpaired) electrons. The van der Waals surface area contributed by atoms with E-state index in [-0.39, 0.29) is 0 Å². The van der Waals surface area contributed by atoms with Crippen molar-refractivity contribution in [1.29, 1.82) is 0 Å². The van der Waals surface area contributed by atoms with Crippen molar-refractivity contribution in [3.63, 3.8) is 0 Å². The van der Waals surface area contributed by atoms with Crippen LogP contribution in [0.2, 0.25) is 0 Å². The first-order chi connectivity index (χ1) is 7.41. The Kier molecular flexibility index (Phi) is 13.5. The van der Waals surface area contributed by atoms with Crippen LogP contribution < -0.4 is 0 Å². The van der Waals surface area contributed by atoms with Gasteiger partial charge >= 0.3 is 0 Å². The first-order valence-corrected chi connectivity index (χ1v) is 6.86. The lowest BCUT2D eigenvalue weighted by atomic mass is 10.1. The van der Waals surface area contributed by atoms with Crippen LogP contribution in [0, 0.1) is 6.92 Å². The van der Waals surface area contributed by atoms with Gasteiger partial charge in [-0.15, -0.1) is 0 Å². The van der Waals surface area contributed by atoms with Gasteiger partial charge in [0.15, 0.2) is 0 Å². The summed E-state index contributed by atoms with van der Waals surface area (Å²) in [6.45, 7) is 6.12. The van der Waals surface area contributed by atoms with Crippen molar-refractivity contribution in [3.05, 3.63) is 19.1 Å². The largest absolute Gasteiger partial charge is 0.0885 e. The van der Waals surface area contributed by atoms with Crippen LogP contribution in [0.15, 0.2) is 12.2 Å². The Hall–Kier alpha value is -0.260. The third-order valence-electron chi connectivity index (χ3n) is 2.76. The summed E-state index contributed by atoms with van der Waals surface area (Å²) in [5.41, 5.74) is 0. The van der Waals surface area contributed by atoms with Gasteiger partial charge in [0.2, 0.25) is 0 Å². The van der Waals surface area contributed by atoms with E-state index in [4.69, 9.17) is 0 Å². The van der Waals surface area contributed by atoms with E-state index in [1.165, 1.54) is 64.2 Å². The van der Waals surface area contributed by atoms with Gasteiger partial charge in [0, 0.05) is 0 Å². The van der Waals surface area contributed by atoms with E-state index in [0.29, 0.717) is 0 Å². The molecule has 0 aliphatic heterocycles. The van der Waals surface area contributed by atoms with Crippen LogP contribution in [0.5, 0.6) is 0 Å². The van der Waals surface area contributed by atoms with Gasteiger partial charge in [0.1, 0.15) is 0 Å². The maximum Gasteiger partial charge on any atom is -0.0351 e. The van der Waals surface area contributed by atoms with Crippen molar-refractivity contribution in [2.24, 2.45) is 0 Å². The number of rotatable bonds is 11. The molecule has 0 aliphatic rings. The molecule has 0 unspecified atom stereocenters. The summed E-state index contributed by atoms with van der Waals surface area (Å²) in [6, 6.07) is 0. The molecule has 89 valence electrons. The van der Waals surface area contributed by atoms with Crippen LogP contribution in [0.1, 0.15) is 77.6 Å². The smallest absolute Gasteiger partial charge is 0.0351 e. The highest BCUT2D eigenvalue weighted by Gasteiger charge is 1.88. The molecule has 0 nitrogen and oxygen atoms in total. The Bertz CT molecular complexity index is 124. The first kappa shape index (κ1) is 14.7. The monoisotopic (exact) mass is 209 g/mol. The normalized spacial score (nSPS) is 11.3. The molecule has 0 N–H and O–H groups in total. The second-order valence-electron chi connectivity index (χ2n) is 4.38. The Morgan fingerprint density at radius 2 is 1.27 bits per heavy atom. The van der Waals surface area contributed by atoms with Crippen LogP contribution >= 0.6 is 0 Å². The molecule has 0 bridgehead atoms. The van der Waals surface area contributed by atoms with Crippen molar-refractivity contribution in [2.75, 3.05) is 0 Å². The molecule has 0 spiro atoms. The third-order valence-corrected chi connectivity index (χ3v) is 2.76. The highest BCUT2D eigenvalue weighted by molar-refractivity contribution is 4.81. The average molecular weight is 209 g/mol. The Morgan fingerprint density at radius 1 is 0.733 bits per heavy atom. The van der Waals surface area contributed by atoms with Crippen LogP contribution in [-0.4, -0.2) is 0 Å². The molecule has 0 amide bonds. The van der Waals surface area contributed by atoms with E-state index in [2.05, 4.69) is 26.0 Å². The van der Waals surface area contributed by atoms with Gasteiger partial charge in [0.25, 0.3) is 0 Å². The molecule has 0 saturated heterocycles. The van der Waals surface area contributed by atoms with E-state index in [0.717, 1.165) is 6.42 Å². The molecule has 0 aromatic carbocycles. The predicted octanol–water partition coefficient (Wildman–Crippen LogP) is 5.69. The van der Waals surface area contributed by atoms with Crippen molar-refractivity contribution >= 4 is 0 Å². The molecular formula is C15H29. The fraction of sp³-hybridized carbons (Fsp3) is 0.800. The molecule has 0 heteroatoms. The zero-order valence-corrected chi connectivity index (χ0v) is 10.6. The van der Waals surface area contributed by atoms with E-state index in [1.54, 1.807) is 0 Å². The van der Waals surface area contributed by atoms with E-state index >= 15 is 0 Å². The molecule has 0 atom stereocenters. The summed E-state index contributed by atoms with van der Waals surface area (Å²) in [6.07, 6.45) is 19.4. The lowest BCUT2D eigenvalue weighted by Crippen LogP contribution is -1.78. The highest BCUT2D eigenvalue weighted by atomic mass is 13.9. The summed E-state index contributed by atoms with van der Waals surface area (Å²) in [7, 11) is 0. The zero-order valence-electron chi connectivity index (χ0n) is 10.6. The quantitative estimate of drug-likeness (QED) is 0.303. The SMILES string of the molecule is [CH2]CCCCCCC/C=C\CCCCC. The van der Waals surface area contributed by atoms with Crippen molar-refractivity contribution < 1.29 is 0 Å². The van der Waals surface area contributed by atoms with Crippen LogP contribution in [0.4, 0.5) is 0 Å². The van der Waals surface area contributed by atoms with Gasteiger partial charge in [-0.3, -0.25) is 0 Å². The molecule has 0 aromatic heterocycles. The summed E-state index contributed by atoms with van der Waals surface area (Å²) in [5.74, 6) is 0. The second kappa shape index (κ2) is 13.7. The lowest BCUT2D eigenvalue weighted by Gasteiger charge is -1.97. The fourth-order valence-electron chi connectivity index (χ4n) is 1.72. The molecule has 0 rings (SSSR count). The standard InChI is InChI=1S/C15H29/c1-3-5-7-9-11-13-15-14-12-10-8-6-4-2/h12,14H,1,3-11,13,15H2,2H3/b14-12-. The van der Waals surface area contributed by atoms with Gasteiger partial charge in [-0.1, -0.05) is 70.9 Å². The number of hydrogen-bond donors (Lipinski definition) is 0. The minimum absolute atomic E-state index is 1.11. The summed E-state index contributed by atoms with van der Waals surface area (Å²) < 4.78 is 0. The maximum atomic E-state index is 3.86. The first-order valence-electron chi connectivity index (χ1n) is 6.86. The van der Waals surface area contributed by atoms with Gasteiger partial charge in [-0.2, -0.15) is 0 Å². The molecular weight excluding hydrogens is 180 g/mol. The zero-order chi connectivity index (χ0) is 11.2. The van der Waals surface area contributed by atoms with E-state index in [9.17, 15) is 0 Å². The Balaban J connectivity index is 2.96. The average Bonchev–Trinajstić information content (AvgIpc) is 2.26. The van der Waals surface area contributed by atoms with Gasteiger partial charge in [0.05, 0.1) is 0 Å². The summed E-state index contributed by atoms with van der Waals surface area (Å²) in [4.78, 5) is 0. The predicted molar refractivity (Wildman–Crippen MR) is 71.0 cm³/mol. The molecule has 15 heavy (non-hydrogen) atoms. The molecule has 0 heterocycles. The lowest BCUT2D eigenvalue weighted by molar-refractivity contribution is 0.621.